The third-order valence-corrected chi connectivity index (χ3v) is 1.25. The van der Waals surface area contributed by atoms with Gasteiger partial charge >= 0.3 is 0 Å². The van der Waals surface area contributed by atoms with Crippen molar-refractivity contribution in [2.24, 2.45) is 0 Å². The Bertz CT molecular complexity index is 164. The first kappa shape index (κ1) is 15.0. The van der Waals surface area contributed by atoms with Crippen LogP contribution in [0.3, 0.4) is 0 Å². The fourth-order valence-corrected chi connectivity index (χ4v) is 0.774. The first-order valence-electron chi connectivity index (χ1n) is 3.68. The lowest BCUT2D eigenvalue weighted by Crippen LogP contribution is -2.39. The number of hydrogen-bond donors (Lipinski definition) is 1. The Hall–Kier alpha value is -0.490. The number of nitrogens with zero attached hydrogens (tertiary/aromatic N) is 1. The van der Waals surface area contributed by atoms with E-state index < -0.39 is 11.4 Å². The van der Waals surface area contributed by atoms with Gasteiger partial charge in [-0.05, 0) is 12.2 Å². The second kappa shape index (κ2) is 8.12. The maximum Gasteiger partial charge on any atom is 0.0969 e. The van der Waals surface area contributed by atoms with Crippen LogP contribution in [0.1, 0.15) is 0 Å². The average Bonchev–Trinajstić information content (AvgIpc) is 1.84. The van der Waals surface area contributed by atoms with E-state index in [0.29, 0.717) is 0 Å². The average molecular weight is 207 g/mol. The van der Waals surface area contributed by atoms with Gasteiger partial charge in [-0.3, -0.25) is 0 Å². The molecular formula is C8H17NO3S. The third-order valence-electron chi connectivity index (χ3n) is 1.25. The molecule has 4 nitrogen and oxygen atoms in total. The number of quaternary nitrogens is 1. The van der Waals surface area contributed by atoms with Crippen LogP contribution in [-0.4, -0.2) is 45.0 Å². The van der Waals surface area contributed by atoms with Crippen LogP contribution >= 0.6 is 0 Å². The van der Waals surface area contributed by atoms with E-state index in [4.69, 9.17) is 13.3 Å². The zero-order valence-corrected chi connectivity index (χ0v) is 8.92. The Labute approximate surface area is 82.3 Å². The van der Waals surface area contributed by atoms with Gasteiger partial charge in [0.05, 0.1) is 38.5 Å². The summed E-state index contributed by atoms with van der Waals surface area (Å²) in [7, 11) is 4.31. The molecule has 0 amide bonds. The van der Waals surface area contributed by atoms with Gasteiger partial charge in [-0.2, -0.15) is 0 Å². The number of rotatable bonds is 4. The molecule has 0 saturated carbocycles. The molecule has 0 radical (unpaired) electrons. The fourth-order valence-electron chi connectivity index (χ4n) is 0.774. The molecule has 0 aliphatic rings. The highest BCUT2D eigenvalue weighted by molar-refractivity contribution is 7.73. The standard InChI is InChI=1S/C8H16N.H2O3S/c1-5-7-9(3,4)8-6-2;1-4(2)3/h5-6H,1-2,7-8H2,3-4H3;(H2,1,2,3)/q+1;/p-1. The molecule has 1 N–H and O–H groups in total. The van der Waals surface area contributed by atoms with Crippen molar-refractivity contribution in [3.63, 3.8) is 0 Å². The van der Waals surface area contributed by atoms with E-state index in [0.717, 1.165) is 17.6 Å². The maximum atomic E-state index is 8.56. The van der Waals surface area contributed by atoms with Crippen molar-refractivity contribution < 1.29 is 17.8 Å². The third kappa shape index (κ3) is 18.5. The Morgan fingerprint density at radius 2 is 1.62 bits per heavy atom. The first-order valence-corrected chi connectivity index (χ1v) is 4.71. The van der Waals surface area contributed by atoms with Crippen molar-refractivity contribution in [1.82, 2.24) is 0 Å². The molecule has 5 heteroatoms. The van der Waals surface area contributed by atoms with Gasteiger partial charge in [-0.15, -0.1) is 0 Å². The van der Waals surface area contributed by atoms with E-state index in [1.54, 1.807) is 0 Å². The van der Waals surface area contributed by atoms with E-state index in [1.807, 2.05) is 12.2 Å². The van der Waals surface area contributed by atoms with Gasteiger partial charge in [0.1, 0.15) is 0 Å². The minimum absolute atomic E-state index is 0.951. The molecule has 0 aromatic carbocycles. The van der Waals surface area contributed by atoms with E-state index in [1.165, 1.54) is 0 Å². The highest BCUT2D eigenvalue weighted by atomic mass is 32.2. The van der Waals surface area contributed by atoms with E-state index in [-0.39, 0.29) is 0 Å². The molecule has 0 aliphatic heterocycles. The van der Waals surface area contributed by atoms with Crippen LogP contribution in [0.15, 0.2) is 25.3 Å². The smallest absolute Gasteiger partial charge is 0.0969 e. The topological polar surface area (TPSA) is 60.4 Å². The van der Waals surface area contributed by atoms with Gasteiger partial charge in [0.25, 0.3) is 0 Å². The molecule has 0 spiro atoms. The SMILES string of the molecule is C=CC[N+](C)(C)CC=C.O=S([O-])O. The monoisotopic (exact) mass is 207 g/mol. The van der Waals surface area contributed by atoms with Crippen molar-refractivity contribution in [3.05, 3.63) is 25.3 Å². The van der Waals surface area contributed by atoms with E-state index in [2.05, 4.69) is 27.3 Å². The van der Waals surface area contributed by atoms with Crippen LogP contribution in [0.2, 0.25) is 0 Å². The van der Waals surface area contributed by atoms with Gasteiger partial charge in [0.15, 0.2) is 0 Å². The summed E-state index contributed by atoms with van der Waals surface area (Å²) in [5.41, 5.74) is 0. The lowest BCUT2D eigenvalue weighted by Gasteiger charge is -2.26. The van der Waals surface area contributed by atoms with Crippen molar-refractivity contribution in [1.29, 1.82) is 0 Å². The lowest BCUT2D eigenvalue weighted by atomic mass is 10.4. The summed E-state index contributed by atoms with van der Waals surface area (Å²) in [6.45, 7) is 9.37. The molecule has 0 aromatic heterocycles. The summed E-state index contributed by atoms with van der Waals surface area (Å²) in [6, 6.07) is 0. The fraction of sp³-hybridized carbons (Fsp3) is 0.500. The quantitative estimate of drug-likeness (QED) is 0.421. The summed E-state index contributed by atoms with van der Waals surface area (Å²) in [5.74, 6) is 0. The molecule has 1 atom stereocenters. The summed E-state index contributed by atoms with van der Waals surface area (Å²) in [4.78, 5) is 0. The van der Waals surface area contributed by atoms with Crippen molar-refractivity contribution in [2.75, 3.05) is 27.2 Å². The Kier molecular flexibility index (Phi) is 9.38. The zero-order chi connectivity index (χ0) is 10.9. The van der Waals surface area contributed by atoms with Crippen molar-refractivity contribution in [3.8, 4) is 0 Å². The Morgan fingerprint density at radius 1 is 1.38 bits per heavy atom. The van der Waals surface area contributed by atoms with E-state index >= 15 is 0 Å². The normalized spacial score (nSPS) is 12.3. The van der Waals surface area contributed by atoms with Crippen molar-refractivity contribution >= 4 is 11.4 Å². The molecule has 0 rings (SSSR count). The lowest BCUT2D eigenvalue weighted by molar-refractivity contribution is -0.878. The first-order chi connectivity index (χ1) is 5.85. The van der Waals surface area contributed by atoms with E-state index in [9.17, 15) is 0 Å². The second-order valence-electron chi connectivity index (χ2n) is 3.10. The molecular weight excluding hydrogens is 190 g/mol. The molecule has 13 heavy (non-hydrogen) atoms. The molecule has 0 aromatic rings. The highest BCUT2D eigenvalue weighted by Crippen LogP contribution is 1.95. The van der Waals surface area contributed by atoms with Crippen molar-refractivity contribution in [2.45, 2.75) is 0 Å². The number of hydrogen-bond acceptors (Lipinski definition) is 2. The molecule has 0 aliphatic carbocycles. The minimum atomic E-state index is -2.86. The van der Waals surface area contributed by atoms with Crippen LogP contribution in [0.5, 0.6) is 0 Å². The molecule has 78 valence electrons. The Morgan fingerprint density at radius 3 is 1.77 bits per heavy atom. The van der Waals surface area contributed by atoms with Gasteiger partial charge < -0.3 is 13.6 Å². The molecule has 1 unspecified atom stereocenters. The van der Waals surface area contributed by atoms with Crippen LogP contribution in [0.4, 0.5) is 0 Å². The maximum absolute atomic E-state index is 8.56. The summed E-state index contributed by atoms with van der Waals surface area (Å²) in [6.07, 6.45) is 3.87. The van der Waals surface area contributed by atoms with Crippen LogP contribution in [0, 0.1) is 0 Å². The van der Waals surface area contributed by atoms with Crippen LogP contribution < -0.4 is 0 Å². The molecule has 0 heterocycles. The predicted molar refractivity (Wildman–Crippen MR) is 53.8 cm³/mol. The zero-order valence-electron chi connectivity index (χ0n) is 8.10. The van der Waals surface area contributed by atoms with Gasteiger partial charge in [0, 0.05) is 0 Å². The van der Waals surface area contributed by atoms with Gasteiger partial charge in [-0.1, -0.05) is 13.2 Å². The largest absolute Gasteiger partial charge is 0.750 e. The second-order valence-corrected chi connectivity index (χ2v) is 3.53. The predicted octanol–water partition coefficient (Wildman–Crippen LogP) is 0.773. The summed E-state index contributed by atoms with van der Waals surface area (Å²) in [5, 5.41) is 0. The molecule has 0 fully saturated rings. The van der Waals surface area contributed by atoms with Gasteiger partial charge in [-0.25, -0.2) is 4.21 Å². The Balaban J connectivity index is 0. The van der Waals surface area contributed by atoms with Crippen LogP contribution in [0.25, 0.3) is 0 Å². The molecule has 0 bridgehead atoms. The number of likely N-dealkylation sites (N-methyl/N-ethyl adjacent to an activating group) is 1. The van der Waals surface area contributed by atoms with Gasteiger partial charge in [0.2, 0.25) is 0 Å². The highest BCUT2D eigenvalue weighted by Gasteiger charge is 2.07. The summed E-state index contributed by atoms with van der Waals surface area (Å²) < 4.78 is 25.0. The van der Waals surface area contributed by atoms with Crippen LogP contribution in [-0.2, 0) is 11.4 Å². The molecule has 0 saturated heterocycles. The minimum Gasteiger partial charge on any atom is -0.750 e. The summed E-state index contributed by atoms with van der Waals surface area (Å²) >= 11 is -2.86.